The molecule has 2 fully saturated rings. The smallest absolute Gasteiger partial charge is 0.307 e. The average Bonchev–Trinajstić information content (AvgIpc) is 2.53. The van der Waals surface area contributed by atoms with Gasteiger partial charge in [0.2, 0.25) is 5.91 Å². The van der Waals surface area contributed by atoms with Crippen LogP contribution < -0.4 is 5.32 Å². The number of carboxylic acid groups (broad SMARTS) is 1. The van der Waals surface area contributed by atoms with Gasteiger partial charge in [-0.25, -0.2) is 0 Å². The minimum Gasteiger partial charge on any atom is -0.481 e. The standard InChI is InChI=1S/C18H21ClN2O4/c19-15-10-11(20-16(22)12-6-7-13(12)18(24)25)4-5-14(15)17(23)21-8-2-1-3-9-21/h4-5,10,12-13H,1-3,6-9H2,(H,20,22)(H,24,25). The quantitative estimate of drug-likeness (QED) is 0.859. The molecule has 1 saturated heterocycles. The number of likely N-dealkylation sites (tertiary alicyclic amines) is 1. The summed E-state index contributed by atoms with van der Waals surface area (Å²) in [7, 11) is 0. The molecule has 0 aromatic heterocycles. The summed E-state index contributed by atoms with van der Waals surface area (Å²) in [5.74, 6) is -2.47. The van der Waals surface area contributed by atoms with E-state index in [1.165, 1.54) is 0 Å². The molecule has 0 radical (unpaired) electrons. The summed E-state index contributed by atoms with van der Waals surface area (Å²) in [5.41, 5.74) is 0.898. The lowest BCUT2D eigenvalue weighted by Gasteiger charge is -2.32. The number of halogens is 1. The van der Waals surface area contributed by atoms with Gasteiger partial charge in [-0.1, -0.05) is 11.6 Å². The fraction of sp³-hybridized carbons (Fsp3) is 0.500. The molecular weight excluding hydrogens is 344 g/mol. The number of nitrogens with zero attached hydrogens (tertiary/aromatic N) is 1. The lowest BCUT2D eigenvalue weighted by Crippen LogP contribution is -2.41. The van der Waals surface area contributed by atoms with Crippen molar-refractivity contribution < 1.29 is 19.5 Å². The summed E-state index contributed by atoms with van der Waals surface area (Å²) >= 11 is 6.24. The number of benzene rings is 1. The zero-order valence-corrected chi connectivity index (χ0v) is 14.6. The van der Waals surface area contributed by atoms with Gasteiger partial charge in [-0.15, -0.1) is 0 Å². The van der Waals surface area contributed by atoms with Crippen molar-refractivity contribution in [2.24, 2.45) is 11.8 Å². The van der Waals surface area contributed by atoms with Crippen LogP contribution in [0.5, 0.6) is 0 Å². The monoisotopic (exact) mass is 364 g/mol. The molecule has 2 atom stereocenters. The Morgan fingerprint density at radius 1 is 1.08 bits per heavy atom. The molecule has 25 heavy (non-hydrogen) atoms. The molecule has 2 unspecified atom stereocenters. The molecule has 0 spiro atoms. The van der Waals surface area contributed by atoms with Crippen molar-refractivity contribution >= 4 is 35.1 Å². The molecule has 1 aliphatic heterocycles. The van der Waals surface area contributed by atoms with Gasteiger partial charge in [-0.3, -0.25) is 14.4 Å². The maximum absolute atomic E-state index is 12.5. The number of rotatable bonds is 4. The first-order valence-electron chi connectivity index (χ1n) is 8.60. The number of aliphatic carboxylic acids is 1. The van der Waals surface area contributed by atoms with Crippen molar-refractivity contribution in [3.8, 4) is 0 Å². The van der Waals surface area contributed by atoms with Crippen molar-refractivity contribution in [1.29, 1.82) is 0 Å². The third-order valence-electron chi connectivity index (χ3n) is 5.04. The molecule has 1 heterocycles. The molecule has 1 aromatic carbocycles. The molecule has 2 aliphatic rings. The van der Waals surface area contributed by atoms with Crippen LogP contribution in [0.25, 0.3) is 0 Å². The lowest BCUT2D eigenvalue weighted by molar-refractivity contribution is -0.151. The van der Waals surface area contributed by atoms with Crippen LogP contribution in [0.4, 0.5) is 5.69 Å². The molecule has 3 rings (SSSR count). The fourth-order valence-electron chi connectivity index (χ4n) is 3.38. The van der Waals surface area contributed by atoms with Crippen molar-refractivity contribution in [3.05, 3.63) is 28.8 Å². The van der Waals surface area contributed by atoms with E-state index in [9.17, 15) is 14.4 Å². The predicted octanol–water partition coefficient (Wildman–Crippen LogP) is 3.02. The summed E-state index contributed by atoms with van der Waals surface area (Å²) in [6.45, 7) is 1.48. The number of carbonyl (C=O) groups is 3. The Morgan fingerprint density at radius 3 is 2.32 bits per heavy atom. The highest BCUT2D eigenvalue weighted by Gasteiger charge is 2.41. The number of hydrogen-bond donors (Lipinski definition) is 2. The maximum atomic E-state index is 12.5. The molecule has 2 amide bonds. The number of hydrogen-bond acceptors (Lipinski definition) is 3. The molecule has 7 heteroatoms. The Bertz CT molecular complexity index is 700. The van der Waals surface area contributed by atoms with Crippen LogP contribution in [0, 0.1) is 11.8 Å². The van der Waals surface area contributed by atoms with Crippen molar-refractivity contribution in [2.75, 3.05) is 18.4 Å². The Hall–Kier alpha value is -2.08. The minimum atomic E-state index is -0.938. The summed E-state index contributed by atoms with van der Waals surface area (Å²) in [6.07, 6.45) is 4.24. The second-order valence-electron chi connectivity index (χ2n) is 6.67. The van der Waals surface area contributed by atoms with E-state index in [4.69, 9.17) is 16.7 Å². The van der Waals surface area contributed by atoms with E-state index >= 15 is 0 Å². The third kappa shape index (κ3) is 3.79. The summed E-state index contributed by atoms with van der Waals surface area (Å²) in [4.78, 5) is 37.5. The van der Waals surface area contributed by atoms with Gasteiger partial charge < -0.3 is 15.3 Å². The van der Waals surface area contributed by atoms with Crippen LogP contribution in [0.2, 0.25) is 5.02 Å². The molecule has 1 saturated carbocycles. The third-order valence-corrected chi connectivity index (χ3v) is 5.35. The van der Waals surface area contributed by atoms with Gasteiger partial charge in [0.05, 0.1) is 22.4 Å². The summed E-state index contributed by atoms with van der Waals surface area (Å²) in [6, 6.07) is 4.80. The fourth-order valence-corrected chi connectivity index (χ4v) is 3.64. The molecule has 2 N–H and O–H groups in total. The van der Waals surface area contributed by atoms with Gasteiger partial charge in [0.25, 0.3) is 5.91 Å². The highest BCUT2D eigenvalue weighted by atomic mass is 35.5. The minimum absolute atomic E-state index is 0.0903. The number of piperidine rings is 1. The number of carboxylic acids is 1. The van der Waals surface area contributed by atoms with E-state index in [1.807, 2.05) is 0 Å². The maximum Gasteiger partial charge on any atom is 0.307 e. The normalized spacial score (nSPS) is 22.8. The van der Waals surface area contributed by atoms with Crippen LogP contribution in [0.1, 0.15) is 42.5 Å². The van der Waals surface area contributed by atoms with Gasteiger partial charge in [-0.05, 0) is 50.3 Å². The first-order chi connectivity index (χ1) is 12.0. The first-order valence-corrected chi connectivity index (χ1v) is 8.97. The topological polar surface area (TPSA) is 86.7 Å². The Balaban J connectivity index is 1.66. The largest absolute Gasteiger partial charge is 0.481 e. The Kier molecular flexibility index (Phi) is 5.27. The molecular formula is C18H21ClN2O4. The van der Waals surface area contributed by atoms with Crippen LogP contribution in [0.3, 0.4) is 0 Å². The molecule has 6 nitrogen and oxygen atoms in total. The second-order valence-corrected chi connectivity index (χ2v) is 7.07. The highest BCUT2D eigenvalue weighted by molar-refractivity contribution is 6.34. The Labute approximate surface area is 151 Å². The van der Waals surface area contributed by atoms with Crippen molar-refractivity contribution in [2.45, 2.75) is 32.1 Å². The zero-order chi connectivity index (χ0) is 18.0. The Morgan fingerprint density at radius 2 is 1.76 bits per heavy atom. The number of anilines is 1. The van der Waals surface area contributed by atoms with Gasteiger partial charge >= 0.3 is 5.97 Å². The van der Waals surface area contributed by atoms with E-state index in [2.05, 4.69) is 5.32 Å². The van der Waals surface area contributed by atoms with Gasteiger partial charge in [0.1, 0.15) is 0 Å². The predicted molar refractivity (Wildman–Crippen MR) is 93.7 cm³/mol. The van der Waals surface area contributed by atoms with Gasteiger partial charge in [0.15, 0.2) is 0 Å². The second kappa shape index (κ2) is 7.44. The van der Waals surface area contributed by atoms with E-state index in [0.717, 1.165) is 32.4 Å². The molecule has 134 valence electrons. The van der Waals surface area contributed by atoms with Crippen molar-refractivity contribution in [3.63, 3.8) is 0 Å². The summed E-state index contributed by atoms with van der Waals surface area (Å²) in [5, 5.41) is 12.0. The van der Waals surface area contributed by atoms with E-state index < -0.39 is 17.8 Å². The molecule has 1 aromatic rings. The van der Waals surface area contributed by atoms with Gasteiger partial charge in [-0.2, -0.15) is 0 Å². The van der Waals surface area contributed by atoms with Crippen LogP contribution in [-0.2, 0) is 9.59 Å². The summed E-state index contributed by atoms with van der Waals surface area (Å²) < 4.78 is 0. The number of carbonyl (C=O) groups excluding carboxylic acids is 2. The van der Waals surface area contributed by atoms with E-state index in [-0.39, 0.29) is 16.8 Å². The van der Waals surface area contributed by atoms with Gasteiger partial charge in [0, 0.05) is 18.8 Å². The average molecular weight is 365 g/mol. The molecule has 0 bridgehead atoms. The van der Waals surface area contributed by atoms with Crippen LogP contribution in [-0.4, -0.2) is 40.9 Å². The van der Waals surface area contributed by atoms with Crippen LogP contribution >= 0.6 is 11.6 Å². The van der Waals surface area contributed by atoms with E-state index in [0.29, 0.717) is 24.1 Å². The zero-order valence-electron chi connectivity index (χ0n) is 13.8. The number of amides is 2. The lowest BCUT2D eigenvalue weighted by atomic mass is 9.73. The van der Waals surface area contributed by atoms with Crippen LogP contribution in [0.15, 0.2) is 18.2 Å². The van der Waals surface area contributed by atoms with Crippen molar-refractivity contribution in [1.82, 2.24) is 4.90 Å². The number of nitrogens with one attached hydrogen (secondary N) is 1. The highest BCUT2D eigenvalue weighted by Crippen LogP contribution is 2.35. The first kappa shape index (κ1) is 17.7. The SMILES string of the molecule is O=C(O)C1CCC1C(=O)Nc1ccc(C(=O)N2CCCCC2)c(Cl)c1. The molecule has 1 aliphatic carbocycles. The van der Waals surface area contributed by atoms with E-state index in [1.54, 1.807) is 23.1 Å².